The van der Waals surface area contributed by atoms with Crippen LogP contribution in [0.1, 0.15) is 27.7 Å². The molecule has 0 aromatic heterocycles. The van der Waals surface area contributed by atoms with Gasteiger partial charge < -0.3 is 9.84 Å². The molecule has 2 atom stereocenters. The van der Waals surface area contributed by atoms with Crippen LogP contribution in [0.2, 0.25) is 0 Å². The molecule has 0 heterocycles. The van der Waals surface area contributed by atoms with Gasteiger partial charge in [-0.3, -0.25) is 4.79 Å². The summed E-state index contributed by atoms with van der Waals surface area (Å²) in [4.78, 5) is 22.6. The first kappa shape index (κ1) is 14.2. The number of nitrogens with zero attached hydrogens (tertiary/aromatic N) is 1. The zero-order valence-corrected chi connectivity index (χ0v) is 10.9. The lowest BCUT2D eigenvalue weighted by molar-refractivity contribution is -0.142. The van der Waals surface area contributed by atoms with E-state index in [4.69, 9.17) is 15.1 Å². The van der Waals surface area contributed by atoms with E-state index >= 15 is 0 Å². The van der Waals surface area contributed by atoms with Gasteiger partial charge >= 0.3 is 11.9 Å². The molecule has 18 heavy (non-hydrogen) atoms. The molecule has 0 aliphatic heterocycles. The van der Waals surface area contributed by atoms with Gasteiger partial charge in [0, 0.05) is 0 Å². The highest BCUT2D eigenvalue weighted by Gasteiger charge is 2.61. The molecule has 98 valence electrons. The van der Waals surface area contributed by atoms with Crippen molar-refractivity contribution in [1.82, 2.24) is 0 Å². The second kappa shape index (κ2) is 4.81. The van der Waals surface area contributed by atoms with Crippen molar-refractivity contribution in [3.63, 3.8) is 0 Å². The highest BCUT2D eigenvalue weighted by atomic mass is 16.5. The predicted octanol–water partition coefficient (Wildman–Crippen LogP) is 1.74. The van der Waals surface area contributed by atoms with Crippen LogP contribution >= 0.6 is 0 Å². The van der Waals surface area contributed by atoms with Crippen LogP contribution in [0.25, 0.3) is 0 Å². The van der Waals surface area contributed by atoms with Crippen LogP contribution < -0.4 is 0 Å². The summed E-state index contributed by atoms with van der Waals surface area (Å²) in [5, 5.41) is 17.9. The summed E-state index contributed by atoms with van der Waals surface area (Å²) < 4.78 is 4.92. The molecule has 1 fully saturated rings. The molecule has 5 nitrogen and oxygen atoms in total. The van der Waals surface area contributed by atoms with Crippen molar-refractivity contribution in [1.29, 1.82) is 5.26 Å². The van der Waals surface area contributed by atoms with Crippen LogP contribution in [0.4, 0.5) is 0 Å². The van der Waals surface area contributed by atoms with E-state index in [1.807, 2.05) is 0 Å². The Balaban J connectivity index is 2.86. The fourth-order valence-electron chi connectivity index (χ4n) is 2.07. The van der Waals surface area contributed by atoms with E-state index in [2.05, 4.69) is 0 Å². The minimum Gasteiger partial charge on any atom is -0.481 e. The monoisotopic (exact) mass is 251 g/mol. The summed E-state index contributed by atoms with van der Waals surface area (Å²) in [7, 11) is 0. The summed E-state index contributed by atoms with van der Waals surface area (Å²) in [5.41, 5.74) is -0.544. The van der Waals surface area contributed by atoms with Crippen LogP contribution in [0.5, 0.6) is 0 Å². The molecule has 0 spiro atoms. The summed E-state index contributed by atoms with van der Waals surface area (Å²) in [6.07, 6.45) is 1.11. The largest absolute Gasteiger partial charge is 0.481 e. The number of ether oxygens (including phenoxy) is 1. The number of carboxylic acid groups (broad SMARTS) is 1. The predicted molar refractivity (Wildman–Crippen MR) is 63.3 cm³/mol. The maximum Gasteiger partial charge on any atom is 0.348 e. The number of esters is 1. The Kier molecular flexibility index (Phi) is 3.80. The third kappa shape index (κ3) is 2.70. The topological polar surface area (TPSA) is 87.4 Å². The number of allylic oxidation sites excluding steroid dienone is 1. The number of carbonyl (C=O) groups excluding carboxylic acids is 1. The summed E-state index contributed by atoms with van der Waals surface area (Å²) >= 11 is 0. The van der Waals surface area contributed by atoms with Crippen molar-refractivity contribution in [3.05, 3.63) is 11.6 Å². The zero-order chi connectivity index (χ0) is 14.1. The molecule has 1 N–H and O–H groups in total. The van der Waals surface area contributed by atoms with E-state index < -0.39 is 23.3 Å². The van der Waals surface area contributed by atoms with Gasteiger partial charge in [0.05, 0.1) is 12.0 Å². The highest BCUT2D eigenvalue weighted by molar-refractivity contribution is 5.93. The number of aliphatic carboxylic acids is 1. The number of hydrogen-bond donors (Lipinski definition) is 1. The van der Waals surface area contributed by atoms with Crippen molar-refractivity contribution in [3.8, 4) is 6.07 Å². The van der Waals surface area contributed by atoms with Crippen LogP contribution in [0.15, 0.2) is 11.6 Å². The van der Waals surface area contributed by atoms with E-state index in [9.17, 15) is 9.59 Å². The van der Waals surface area contributed by atoms with Gasteiger partial charge in [-0.05, 0) is 25.2 Å². The Morgan fingerprint density at radius 1 is 1.44 bits per heavy atom. The fraction of sp³-hybridized carbons (Fsp3) is 0.615. The molecule has 1 saturated carbocycles. The number of rotatable bonds is 4. The minimum absolute atomic E-state index is 0.120. The maximum absolute atomic E-state index is 11.6. The van der Waals surface area contributed by atoms with Gasteiger partial charge in [0.1, 0.15) is 11.6 Å². The van der Waals surface area contributed by atoms with Gasteiger partial charge in [0.2, 0.25) is 0 Å². The van der Waals surface area contributed by atoms with E-state index in [1.54, 1.807) is 33.8 Å². The summed E-state index contributed by atoms with van der Waals surface area (Å²) in [5.74, 6) is -2.45. The molecular formula is C13H17NO4. The highest BCUT2D eigenvalue weighted by Crippen LogP contribution is 2.59. The minimum atomic E-state index is -0.907. The van der Waals surface area contributed by atoms with Gasteiger partial charge in [-0.1, -0.05) is 19.9 Å². The van der Waals surface area contributed by atoms with Crippen molar-refractivity contribution in [2.24, 2.45) is 17.3 Å². The lowest BCUT2D eigenvalue weighted by atomic mass is 10.1. The lowest BCUT2D eigenvalue weighted by Crippen LogP contribution is -2.13. The molecule has 0 aromatic carbocycles. The maximum atomic E-state index is 11.6. The van der Waals surface area contributed by atoms with Gasteiger partial charge in [-0.25, -0.2) is 4.79 Å². The Bertz CT molecular complexity index is 442. The molecular weight excluding hydrogens is 234 g/mol. The van der Waals surface area contributed by atoms with E-state index in [-0.39, 0.29) is 17.6 Å². The second-order valence-electron chi connectivity index (χ2n) is 5.31. The first-order valence-electron chi connectivity index (χ1n) is 5.77. The fourth-order valence-corrected chi connectivity index (χ4v) is 2.07. The Morgan fingerprint density at radius 2 is 2.00 bits per heavy atom. The quantitative estimate of drug-likeness (QED) is 0.467. The third-order valence-electron chi connectivity index (χ3n) is 3.21. The normalized spacial score (nSPS) is 25.4. The molecule has 1 aliphatic rings. The van der Waals surface area contributed by atoms with Crippen molar-refractivity contribution >= 4 is 11.9 Å². The molecule has 0 saturated heterocycles. The van der Waals surface area contributed by atoms with Gasteiger partial charge in [-0.15, -0.1) is 0 Å². The molecule has 0 aromatic rings. The van der Waals surface area contributed by atoms with E-state index in [0.29, 0.717) is 0 Å². The summed E-state index contributed by atoms with van der Waals surface area (Å²) in [6, 6.07) is 1.77. The van der Waals surface area contributed by atoms with E-state index in [0.717, 1.165) is 0 Å². The van der Waals surface area contributed by atoms with Crippen molar-refractivity contribution in [2.45, 2.75) is 33.8 Å². The molecule has 1 aliphatic carbocycles. The first-order chi connectivity index (χ1) is 8.21. The Morgan fingerprint density at radius 3 is 2.33 bits per heavy atom. The number of carboxylic acids is 1. The number of hydrogen-bond acceptors (Lipinski definition) is 4. The lowest BCUT2D eigenvalue weighted by Gasteiger charge is -2.06. The molecule has 0 bridgehead atoms. The van der Waals surface area contributed by atoms with Crippen LogP contribution in [0, 0.1) is 28.6 Å². The molecule has 0 amide bonds. The average Bonchev–Trinajstić information content (AvgIpc) is 2.75. The standard InChI is InChI=1S/C13H17NO4/c1-7(2)18-12(17)8(6-14)5-9-10(11(15)16)13(9,3)4/h5,7,9-10H,1-4H3,(H,15,16). The average molecular weight is 251 g/mol. The SMILES string of the molecule is CC(C)OC(=O)C(C#N)=CC1C(C(=O)O)C1(C)C. The Labute approximate surface area is 106 Å². The van der Waals surface area contributed by atoms with Gasteiger partial charge in [0.25, 0.3) is 0 Å². The van der Waals surface area contributed by atoms with Crippen molar-refractivity contribution in [2.75, 3.05) is 0 Å². The third-order valence-corrected chi connectivity index (χ3v) is 3.21. The van der Waals surface area contributed by atoms with Crippen LogP contribution in [-0.2, 0) is 14.3 Å². The molecule has 5 heteroatoms. The van der Waals surface area contributed by atoms with Crippen molar-refractivity contribution < 1.29 is 19.4 Å². The number of nitriles is 1. The van der Waals surface area contributed by atoms with Gasteiger partial charge in [-0.2, -0.15) is 5.26 Å². The Hall–Kier alpha value is -1.83. The smallest absolute Gasteiger partial charge is 0.348 e. The molecule has 2 unspecified atom stereocenters. The van der Waals surface area contributed by atoms with E-state index in [1.165, 1.54) is 6.08 Å². The zero-order valence-electron chi connectivity index (χ0n) is 10.9. The summed E-state index contributed by atoms with van der Waals surface area (Å²) in [6.45, 7) is 6.98. The van der Waals surface area contributed by atoms with Crippen LogP contribution in [-0.4, -0.2) is 23.1 Å². The second-order valence-corrected chi connectivity index (χ2v) is 5.31. The molecule has 0 radical (unpaired) electrons. The van der Waals surface area contributed by atoms with Crippen LogP contribution in [0.3, 0.4) is 0 Å². The number of carbonyl (C=O) groups is 2. The first-order valence-corrected chi connectivity index (χ1v) is 5.77. The van der Waals surface area contributed by atoms with Gasteiger partial charge in [0.15, 0.2) is 0 Å². The molecule has 1 rings (SSSR count).